The molecule has 14 heavy (non-hydrogen) atoms. The van der Waals surface area contributed by atoms with Gasteiger partial charge in [-0.2, -0.15) is 0 Å². The molecular weight excluding hydrogens is 182 g/mol. The van der Waals surface area contributed by atoms with Gasteiger partial charge in [-0.3, -0.25) is 9.59 Å². The van der Waals surface area contributed by atoms with E-state index in [1.54, 1.807) is 13.8 Å². The van der Waals surface area contributed by atoms with Gasteiger partial charge in [0.15, 0.2) is 5.78 Å². The summed E-state index contributed by atoms with van der Waals surface area (Å²) in [6.45, 7) is 7.33. The average molecular weight is 201 g/mol. The first-order chi connectivity index (χ1) is 6.43. The minimum atomic E-state index is -0.184. The van der Waals surface area contributed by atoms with Gasteiger partial charge in [-0.1, -0.05) is 13.8 Å². The van der Waals surface area contributed by atoms with Crippen LogP contribution in [0.15, 0.2) is 0 Å². The van der Waals surface area contributed by atoms with Gasteiger partial charge in [0.1, 0.15) is 13.2 Å². The minimum absolute atomic E-state index is 0.0161. The van der Waals surface area contributed by atoms with E-state index < -0.39 is 0 Å². The van der Waals surface area contributed by atoms with Gasteiger partial charge >= 0.3 is 0 Å². The first-order valence-corrected chi connectivity index (χ1v) is 4.83. The van der Waals surface area contributed by atoms with Crippen molar-refractivity contribution in [2.45, 2.75) is 33.7 Å². The van der Waals surface area contributed by atoms with Crippen LogP contribution in [-0.4, -0.2) is 30.9 Å². The molecule has 0 rings (SSSR count). The van der Waals surface area contributed by atoms with Crippen molar-refractivity contribution in [2.24, 2.45) is 5.92 Å². The van der Waals surface area contributed by atoms with Gasteiger partial charge < -0.3 is 10.1 Å². The maximum absolute atomic E-state index is 11.1. The van der Waals surface area contributed by atoms with Crippen LogP contribution in [0.4, 0.5) is 0 Å². The van der Waals surface area contributed by atoms with Crippen LogP contribution in [0, 0.1) is 5.92 Å². The fraction of sp³-hybridized carbons (Fsp3) is 0.800. The molecule has 0 aromatic heterocycles. The van der Waals surface area contributed by atoms with Gasteiger partial charge in [-0.25, -0.2) is 0 Å². The number of Topliss-reactive ketones (excluding diaryl/α,β-unsaturated/α-hetero) is 1. The highest BCUT2D eigenvalue weighted by Crippen LogP contribution is 1.94. The molecule has 0 bridgehead atoms. The lowest BCUT2D eigenvalue weighted by atomic mass is 10.1. The minimum Gasteiger partial charge on any atom is -0.364 e. The summed E-state index contributed by atoms with van der Waals surface area (Å²) >= 11 is 0. The average Bonchev–Trinajstić information content (AvgIpc) is 2.02. The van der Waals surface area contributed by atoms with Gasteiger partial charge in [-0.05, 0) is 13.8 Å². The lowest BCUT2D eigenvalue weighted by Crippen LogP contribution is -2.34. The molecule has 0 saturated carbocycles. The normalized spacial score (nSPS) is 10.7. The predicted molar refractivity (Wildman–Crippen MR) is 53.9 cm³/mol. The monoisotopic (exact) mass is 201 g/mol. The van der Waals surface area contributed by atoms with E-state index >= 15 is 0 Å². The van der Waals surface area contributed by atoms with E-state index in [2.05, 4.69) is 5.32 Å². The molecule has 0 aliphatic rings. The molecular formula is C10H19NO3. The van der Waals surface area contributed by atoms with Crippen molar-refractivity contribution in [2.75, 3.05) is 13.2 Å². The van der Waals surface area contributed by atoms with E-state index in [1.807, 2.05) is 13.8 Å². The van der Waals surface area contributed by atoms with E-state index in [-0.39, 0.29) is 36.9 Å². The van der Waals surface area contributed by atoms with Crippen molar-refractivity contribution < 1.29 is 14.3 Å². The standard InChI is InChI=1S/C10H19NO3/c1-7(2)9(12)5-14-6-10(13)11-8(3)4/h7-8H,5-6H2,1-4H3,(H,11,13). The van der Waals surface area contributed by atoms with Gasteiger partial charge in [-0.15, -0.1) is 0 Å². The number of carbonyl (C=O) groups is 2. The summed E-state index contributed by atoms with van der Waals surface area (Å²) in [5, 5.41) is 2.67. The topological polar surface area (TPSA) is 55.4 Å². The third-order valence-electron chi connectivity index (χ3n) is 1.57. The maximum Gasteiger partial charge on any atom is 0.246 e. The highest BCUT2D eigenvalue weighted by atomic mass is 16.5. The van der Waals surface area contributed by atoms with Crippen LogP contribution in [0.3, 0.4) is 0 Å². The van der Waals surface area contributed by atoms with Gasteiger partial charge in [0, 0.05) is 12.0 Å². The zero-order chi connectivity index (χ0) is 11.1. The Labute approximate surface area is 85.0 Å². The number of rotatable bonds is 6. The van der Waals surface area contributed by atoms with Crippen molar-refractivity contribution in [3.8, 4) is 0 Å². The highest BCUT2D eigenvalue weighted by molar-refractivity contribution is 5.82. The third-order valence-corrected chi connectivity index (χ3v) is 1.57. The number of amides is 1. The lowest BCUT2D eigenvalue weighted by Gasteiger charge is -2.09. The number of ether oxygens (including phenoxy) is 1. The molecule has 0 aromatic carbocycles. The van der Waals surface area contributed by atoms with Gasteiger partial charge in [0.05, 0.1) is 0 Å². The maximum atomic E-state index is 11.1. The summed E-state index contributed by atoms with van der Waals surface area (Å²) in [7, 11) is 0. The second kappa shape index (κ2) is 6.54. The Balaban J connectivity index is 3.54. The van der Waals surface area contributed by atoms with Crippen molar-refractivity contribution in [3.63, 3.8) is 0 Å². The van der Waals surface area contributed by atoms with Gasteiger partial charge in [0.2, 0.25) is 5.91 Å². The van der Waals surface area contributed by atoms with Crippen molar-refractivity contribution in [1.82, 2.24) is 5.32 Å². The lowest BCUT2D eigenvalue weighted by molar-refractivity contribution is -0.131. The molecule has 1 N–H and O–H groups in total. The van der Waals surface area contributed by atoms with E-state index in [9.17, 15) is 9.59 Å². The number of ketones is 1. The van der Waals surface area contributed by atoms with Crippen LogP contribution in [0.1, 0.15) is 27.7 Å². The number of nitrogens with one attached hydrogen (secondary N) is 1. The molecule has 0 aliphatic heterocycles. The smallest absolute Gasteiger partial charge is 0.246 e. The number of carbonyl (C=O) groups excluding carboxylic acids is 2. The molecule has 0 saturated heterocycles. The molecule has 82 valence electrons. The van der Waals surface area contributed by atoms with Crippen LogP contribution in [0.25, 0.3) is 0 Å². The van der Waals surface area contributed by atoms with Crippen LogP contribution in [0.2, 0.25) is 0 Å². The summed E-state index contributed by atoms with van der Waals surface area (Å²) in [4.78, 5) is 22.1. The Morgan fingerprint density at radius 2 is 1.71 bits per heavy atom. The van der Waals surface area contributed by atoms with Crippen LogP contribution >= 0.6 is 0 Å². The number of hydrogen-bond acceptors (Lipinski definition) is 3. The van der Waals surface area contributed by atoms with Crippen molar-refractivity contribution >= 4 is 11.7 Å². The molecule has 0 radical (unpaired) electrons. The number of hydrogen-bond donors (Lipinski definition) is 1. The molecule has 1 amide bonds. The Kier molecular flexibility index (Phi) is 6.12. The fourth-order valence-electron chi connectivity index (χ4n) is 0.775. The second-order valence-corrected chi connectivity index (χ2v) is 3.84. The van der Waals surface area contributed by atoms with Crippen molar-refractivity contribution in [1.29, 1.82) is 0 Å². The molecule has 4 heteroatoms. The Bertz CT molecular complexity index is 200. The molecule has 4 nitrogen and oxygen atoms in total. The molecule has 0 unspecified atom stereocenters. The van der Waals surface area contributed by atoms with E-state index in [0.29, 0.717) is 0 Å². The first-order valence-electron chi connectivity index (χ1n) is 4.83. The second-order valence-electron chi connectivity index (χ2n) is 3.84. The molecule has 0 aromatic rings. The Morgan fingerprint density at radius 3 is 2.14 bits per heavy atom. The van der Waals surface area contributed by atoms with Crippen LogP contribution in [0.5, 0.6) is 0 Å². The molecule has 0 heterocycles. The van der Waals surface area contributed by atoms with Crippen LogP contribution < -0.4 is 5.32 Å². The van der Waals surface area contributed by atoms with Crippen LogP contribution in [-0.2, 0) is 14.3 Å². The molecule has 0 aliphatic carbocycles. The van der Waals surface area contributed by atoms with E-state index in [0.717, 1.165) is 0 Å². The quantitative estimate of drug-likeness (QED) is 0.690. The highest BCUT2D eigenvalue weighted by Gasteiger charge is 2.08. The Morgan fingerprint density at radius 1 is 1.14 bits per heavy atom. The fourth-order valence-corrected chi connectivity index (χ4v) is 0.775. The summed E-state index contributed by atoms with van der Waals surface area (Å²) in [5.74, 6) is -0.206. The molecule has 0 atom stereocenters. The SMILES string of the molecule is CC(C)NC(=O)COCC(=O)C(C)C. The Hall–Kier alpha value is -0.900. The van der Waals surface area contributed by atoms with Crippen molar-refractivity contribution in [3.05, 3.63) is 0 Å². The predicted octanol–water partition coefficient (Wildman–Crippen LogP) is 0.753. The zero-order valence-corrected chi connectivity index (χ0v) is 9.29. The molecule has 0 fully saturated rings. The summed E-state index contributed by atoms with van der Waals surface area (Å²) in [5.41, 5.74) is 0. The first kappa shape index (κ1) is 13.1. The van der Waals surface area contributed by atoms with Gasteiger partial charge in [0.25, 0.3) is 0 Å². The van der Waals surface area contributed by atoms with E-state index in [1.165, 1.54) is 0 Å². The summed E-state index contributed by atoms with van der Waals surface area (Å²) in [6.07, 6.45) is 0. The summed E-state index contributed by atoms with van der Waals surface area (Å²) in [6, 6.07) is 0.104. The largest absolute Gasteiger partial charge is 0.364 e. The molecule has 0 spiro atoms. The zero-order valence-electron chi connectivity index (χ0n) is 9.29. The summed E-state index contributed by atoms with van der Waals surface area (Å²) < 4.78 is 4.96. The van der Waals surface area contributed by atoms with E-state index in [4.69, 9.17) is 4.74 Å². The third kappa shape index (κ3) is 6.60.